The van der Waals surface area contributed by atoms with Gasteiger partial charge >= 0.3 is 5.97 Å². The Bertz CT molecular complexity index is 913. The summed E-state index contributed by atoms with van der Waals surface area (Å²) in [6.45, 7) is 16.3. The van der Waals surface area contributed by atoms with Gasteiger partial charge in [0, 0.05) is 12.3 Å². The lowest BCUT2D eigenvalue weighted by atomic mass is 9.30. The molecule has 2 N–H and O–H groups in total. The van der Waals surface area contributed by atoms with E-state index in [1.54, 1.807) is 0 Å². The summed E-state index contributed by atoms with van der Waals surface area (Å²) in [5.41, 5.74) is -0.255. The maximum atomic E-state index is 12.8. The molecule has 11 atom stereocenters. The first-order valence-electron chi connectivity index (χ1n) is 14.0. The van der Waals surface area contributed by atoms with Gasteiger partial charge < -0.3 is 10.2 Å². The van der Waals surface area contributed by atoms with Crippen molar-refractivity contribution in [1.29, 1.82) is 0 Å². The molecule has 0 amide bonds. The fraction of sp³-hybridized carbons (Fsp3) is 0.933. The Morgan fingerprint density at radius 3 is 2.06 bits per heavy atom. The van der Waals surface area contributed by atoms with Crippen LogP contribution >= 0.6 is 0 Å². The molecule has 4 heteroatoms. The van der Waals surface area contributed by atoms with E-state index in [-0.39, 0.29) is 44.7 Å². The fourth-order valence-corrected chi connectivity index (χ4v) is 11.3. The van der Waals surface area contributed by atoms with Gasteiger partial charge in [-0.25, -0.2) is 0 Å². The van der Waals surface area contributed by atoms with Crippen LogP contribution in [0, 0.1) is 56.2 Å². The molecule has 0 spiro atoms. The van der Waals surface area contributed by atoms with Gasteiger partial charge in [0.25, 0.3) is 0 Å². The molecular weight excluding hydrogens is 424 g/mol. The highest BCUT2D eigenvalue weighted by Gasteiger charge is 2.72. The van der Waals surface area contributed by atoms with Crippen molar-refractivity contribution in [2.45, 2.75) is 119 Å². The fourth-order valence-electron chi connectivity index (χ4n) is 11.3. The van der Waals surface area contributed by atoms with Gasteiger partial charge in [-0.1, -0.05) is 41.5 Å². The lowest BCUT2D eigenvalue weighted by molar-refractivity contribution is -0.268. The second kappa shape index (κ2) is 7.11. The number of aliphatic hydroxyl groups is 1. The lowest BCUT2D eigenvalue weighted by Crippen LogP contribution is -2.69. The highest BCUT2D eigenvalue weighted by molar-refractivity contribution is 5.83. The number of carbonyl (C=O) groups excluding carboxylic acids is 1. The molecule has 0 heterocycles. The second-order valence-corrected chi connectivity index (χ2v) is 15.2. The topological polar surface area (TPSA) is 74.6 Å². The second-order valence-electron chi connectivity index (χ2n) is 15.2. The summed E-state index contributed by atoms with van der Waals surface area (Å²) in [4.78, 5) is 25.1. The molecule has 5 fully saturated rings. The Hall–Kier alpha value is -0.900. The number of aliphatic carboxylic acids is 1. The van der Waals surface area contributed by atoms with Crippen LogP contribution in [0.1, 0.15) is 113 Å². The molecule has 4 nitrogen and oxygen atoms in total. The van der Waals surface area contributed by atoms with E-state index in [2.05, 4.69) is 41.5 Å². The predicted octanol–water partition coefficient (Wildman–Crippen LogP) is 6.49. The number of carboxylic acid groups (broad SMARTS) is 1. The molecule has 5 rings (SSSR count). The van der Waals surface area contributed by atoms with E-state index in [1.807, 2.05) is 6.92 Å². The first-order chi connectivity index (χ1) is 15.6. The first kappa shape index (κ1) is 24.8. The number of carbonyl (C=O) groups is 2. The van der Waals surface area contributed by atoms with E-state index < -0.39 is 17.5 Å². The van der Waals surface area contributed by atoms with E-state index in [4.69, 9.17) is 0 Å². The summed E-state index contributed by atoms with van der Waals surface area (Å²) in [7, 11) is 0. The zero-order valence-electron chi connectivity index (χ0n) is 22.7. The number of Topliss-reactive ketones (excluding diaryl/α,β-unsaturated/α-hetero) is 1. The molecule has 192 valence electrons. The van der Waals surface area contributed by atoms with Crippen molar-refractivity contribution in [1.82, 2.24) is 0 Å². The minimum absolute atomic E-state index is 0.0176. The summed E-state index contributed by atoms with van der Waals surface area (Å²) in [6, 6.07) is 0. The SMILES string of the molecule is C[C@H]1C(=O)C[C@@H](O)[C@@H]2[C@]1(C)CC[C@H]1[C@@]2(C)CC[C@@]2(C)[C@@H]3C[C@@](C)(C(=O)O)CC[C@]3(C)CC[C@]12C. The van der Waals surface area contributed by atoms with Crippen molar-refractivity contribution in [3.8, 4) is 0 Å². The van der Waals surface area contributed by atoms with Gasteiger partial charge in [-0.2, -0.15) is 0 Å². The molecule has 0 saturated heterocycles. The number of carboxylic acids is 1. The number of ketones is 1. The summed E-state index contributed by atoms with van der Waals surface area (Å²) < 4.78 is 0. The van der Waals surface area contributed by atoms with E-state index in [1.165, 1.54) is 12.8 Å². The van der Waals surface area contributed by atoms with Crippen LogP contribution in [0.4, 0.5) is 0 Å². The van der Waals surface area contributed by atoms with Crippen molar-refractivity contribution in [3.05, 3.63) is 0 Å². The Balaban J connectivity index is 1.56. The van der Waals surface area contributed by atoms with Crippen LogP contribution in [0.15, 0.2) is 0 Å². The molecule has 0 aromatic heterocycles. The molecule has 34 heavy (non-hydrogen) atoms. The zero-order chi connectivity index (χ0) is 25.1. The van der Waals surface area contributed by atoms with Gasteiger partial charge in [0.15, 0.2) is 0 Å². The molecule has 0 radical (unpaired) electrons. The smallest absolute Gasteiger partial charge is 0.309 e. The number of fused-ring (bicyclic) bond motifs is 7. The molecular formula is C30H48O4. The number of rotatable bonds is 1. The molecule has 0 unspecified atom stereocenters. The first-order valence-corrected chi connectivity index (χ1v) is 14.0. The zero-order valence-corrected chi connectivity index (χ0v) is 22.7. The number of hydrogen-bond acceptors (Lipinski definition) is 3. The molecule has 0 aromatic carbocycles. The molecule has 0 aliphatic heterocycles. The Labute approximate surface area is 206 Å². The van der Waals surface area contributed by atoms with Crippen LogP contribution in [-0.2, 0) is 9.59 Å². The monoisotopic (exact) mass is 472 g/mol. The van der Waals surface area contributed by atoms with Gasteiger partial charge in [-0.15, -0.1) is 0 Å². The number of aliphatic hydroxyl groups excluding tert-OH is 1. The van der Waals surface area contributed by atoms with Crippen molar-refractivity contribution in [3.63, 3.8) is 0 Å². The van der Waals surface area contributed by atoms with Gasteiger partial charge in [-0.05, 0) is 110 Å². The Kier molecular flexibility index (Phi) is 5.18. The normalized spacial score (nSPS) is 59.3. The number of hydrogen-bond donors (Lipinski definition) is 2. The average molecular weight is 473 g/mol. The third-order valence-corrected chi connectivity index (χ3v) is 14.0. The van der Waals surface area contributed by atoms with Gasteiger partial charge in [0.2, 0.25) is 0 Å². The average Bonchev–Trinajstić information content (AvgIpc) is 2.75. The Morgan fingerprint density at radius 2 is 1.41 bits per heavy atom. The van der Waals surface area contributed by atoms with E-state index in [0.717, 1.165) is 44.9 Å². The Morgan fingerprint density at radius 1 is 0.824 bits per heavy atom. The van der Waals surface area contributed by atoms with Crippen LogP contribution in [0.3, 0.4) is 0 Å². The largest absolute Gasteiger partial charge is 0.481 e. The predicted molar refractivity (Wildman–Crippen MR) is 133 cm³/mol. The minimum Gasteiger partial charge on any atom is -0.481 e. The van der Waals surface area contributed by atoms with Crippen LogP contribution in [-0.4, -0.2) is 28.1 Å². The minimum atomic E-state index is -0.622. The molecule has 5 aliphatic rings. The van der Waals surface area contributed by atoms with Crippen LogP contribution < -0.4 is 0 Å². The lowest BCUT2D eigenvalue weighted by Gasteiger charge is -2.75. The summed E-state index contributed by atoms with van der Waals surface area (Å²) in [6.07, 6.45) is 9.11. The van der Waals surface area contributed by atoms with Crippen molar-refractivity contribution in [2.24, 2.45) is 56.2 Å². The van der Waals surface area contributed by atoms with Crippen molar-refractivity contribution < 1.29 is 19.8 Å². The highest BCUT2D eigenvalue weighted by Crippen LogP contribution is 2.78. The quantitative estimate of drug-likeness (QED) is 0.457. The third kappa shape index (κ3) is 2.81. The molecule has 0 bridgehead atoms. The standard InChI is InChI=1S/C30H48O4/c1-18-19(31)16-20(32)23-27(18,4)9-8-21-28(23,5)13-15-30(7)22-17-26(3,24(33)34)11-10-25(22,2)12-14-29(21,30)6/h18,20-23,32H,8-17H2,1-7H3,(H,33,34)/t18-,20+,21-,22+,23+,25+,26-,27+,28+,29+,30-/m0/s1. The maximum Gasteiger partial charge on any atom is 0.309 e. The van der Waals surface area contributed by atoms with Gasteiger partial charge in [0.1, 0.15) is 5.78 Å². The molecule has 0 aromatic rings. The highest BCUT2D eigenvalue weighted by atomic mass is 16.4. The molecule has 5 saturated carbocycles. The van der Waals surface area contributed by atoms with Crippen LogP contribution in [0.2, 0.25) is 0 Å². The van der Waals surface area contributed by atoms with Gasteiger partial charge in [-0.3, -0.25) is 9.59 Å². The van der Waals surface area contributed by atoms with Crippen molar-refractivity contribution in [2.75, 3.05) is 0 Å². The van der Waals surface area contributed by atoms with E-state index >= 15 is 0 Å². The van der Waals surface area contributed by atoms with Gasteiger partial charge in [0.05, 0.1) is 11.5 Å². The summed E-state index contributed by atoms with van der Waals surface area (Å²) >= 11 is 0. The van der Waals surface area contributed by atoms with Crippen LogP contribution in [0.5, 0.6) is 0 Å². The summed E-state index contributed by atoms with van der Waals surface area (Å²) in [5.74, 6) is 0.728. The maximum absolute atomic E-state index is 12.8. The third-order valence-electron chi connectivity index (χ3n) is 14.0. The van der Waals surface area contributed by atoms with Crippen molar-refractivity contribution >= 4 is 11.8 Å². The van der Waals surface area contributed by atoms with E-state index in [0.29, 0.717) is 18.3 Å². The van der Waals surface area contributed by atoms with E-state index in [9.17, 15) is 19.8 Å². The molecule has 5 aliphatic carbocycles. The summed E-state index contributed by atoms with van der Waals surface area (Å²) in [5, 5.41) is 21.5. The van der Waals surface area contributed by atoms with Crippen LogP contribution in [0.25, 0.3) is 0 Å².